The molecule has 1 aromatic carbocycles. The van der Waals surface area contributed by atoms with Crippen molar-refractivity contribution in [3.05, 3.63) is 29.3 Å². The van der Waals surface area contributed by atoms with Crippen LogP contribution in [0.1, 0.15) is 13.3 Å². The van der Waals surface area contributed by atoms with Gasteiger partial charge in [0.2, 0.25) is 11.6 Å². The standard InChI is InChI=1S/C11H13F4NO2/c1-2-7(16)8(17)4-18-11-9(14)5(12)3-6(13)10(11)15/h3,7-8,17H,2,4,16H2,1H3. The number of nitrogens with two attached hydrogens (primary N) is 1. The van der Waals surface area contributed by atoms with Gasteiger partial charge in [0.1, 0.15) is 12.7 Å². The second-order valence-corrected chi connectivity index (χ2v) is 3.75. The minimum absolute atomic E-state index is 0.0751. The molecule has 0 heterocycles. The van der Waals surface area contributed by atoms with Crippen molar-refractivity contribution >= 4 is 0 Å². The largest absolute Gasteiger partial charge is 0.485 e. The van der Waals surface area contributed by atoms with E-state index in [-0.39, 0.29) is 6.07 Å². The van der Waals surface area contributed by atoms with Gasteiger partial charge in [-0.2, -0.15) is 8.78 Å². The number of aliphatic hydroxyl groups excluding tert-OH is 1. The van der Waals surface area contributed by atoms with Gasteiger partial charge in [-0.1, -0.05) is 6.92 Å². The molecule has 0 aliphatic heterocycles. The van der Waals surface area contributed by atoms with E-state index in [1.165, 1.54) is 0 Å². The highest BCUT2D eigenvalue weighted by Crippen LogP contribution is 2.26. The van der Waals surface area contributed by atoms with Crippen LogP contribution in [0, 0.1) is 23.3 Å². The van der Waals surface area contributed by atoms with Crippen LogP contribution in [0.5, 0.6) is 5.75 Å². The Balaban J connectivity index is 2.85. The smallest absolute Gasteiger partial charge is 0.203 e. The summed E-state index contributed by atoms with van der Waals surface area (Å²) < 4.78 is 56.5. The zero-order valence-electron chi connectivity index (χ0n) is 9.59. The van der Waals surface area contributed by atoms with E-state index >= 15 is 0 Å². The maximum Gasteiger partial charge on any atom is 0.203 e. The third-order valence-electron chi connectivity index (χ3n) is 2.44. The molecule has 1 rings (SSSR count). The molecule has 3 N–H and O–H groups in total. The van der Waals surface area contributed by atoms with E-state index in [0.29, 0.717) is 6.42 Å². The van der Waals surface area contributed by atoms with E-state index in [1.807, 2.05) is 0 Å². The summed E-state index contributed by atoms with van der Waals surface area (Å²) in [5, 5.41) is 9.42. The maximum absolute atomic E-state index is 13.2. The lowest BCUT2D eigenvalue weighted by Crippen LogP contribution is -2.38. The van der Waals surface area contributed by atoms with E-state index < -0.39 is 47.8 Å². The molecule has 0 spiro atoms. The number of hydrogen-bond donors (Lipinski definition) is 2. The third-order valence-corrected chi connectivity index (χ3v) is 2.44. The van der Waals surface area contributed by atoms with Crippen molar-refractivity contribution in [2.24, 2.45) is 5.73 Å². The zero-order chi connectivity index (χ0) is 13.9. The average Bonchev–Trinajstić information content (AvgIpc) is 2.35. The second kappa shape index (κ2) is 6.01. The van der Waals surface area contributed by atoms with Gasteiger partial charge < -0.3 is 15.6 Å². The van der Waals surface area contributed by atoms with Crippen LogP contribution in [0.25, 0.3) is 0 Å². The van der Waals surface area contributed by atoms with E-state index in [0.717, 1.165) is 0 Å². The van der Waals surface area contributed by atoms with Gasteiger partial charge in [-0.3, -0.25) is 0 Å². The monoisotopic (exact) mass is 267 g/mol. The first-order chi connectivity index (χ1) is 8.38. The minimum atomic E-state index is -1.65. The van der Waals surface area contributed by atoms with Crippen molar-refractivity contribution in [3.8, 4) is 5.75 Å². The Morgan fingerprint density at radius 2 is 1.72 bits per heavy atom. The fraction of sp³-hybridized carbons (Fsp3) is 0.455. The Hall–Kier alpha value is -1.34. The molecule has 0 fully saturated rings. The number of rotatable bonds is 5. The van der Waals surface area contributed by atoms with Crippen LogP contribution in [0.3, 0.4) is 0 Å². The van der Waals surface area contributed by atoms with Crippen LogP contribution in [0.15, 0.2) is 6.07 Å². The van der Waals surface area contributed by atoms with Gasteiger partial charge in [-0.05, 0) is 6.42 Å². The second-order valence-electron chi connectivity index (χ2n) is 3.75. The molecule has 2 unspecified atom stereocenters. The number of aliphatic hydroxyl groups is 1. The molecule has 0 bridgehead atoms. The Labute approximate surface area is 101 Å². The molecule has 0 amide bonds. The van der Waals surface area contributed by atoms with Crippen LogP contribution < -0.4 is 10.5 Å². The SMILES string of the molecule is CCC(N)C(O)COc1c(F)c(F)cc(F)c1F. The van der Waals surface area contributed by atoms with Crippen molar-refractivity contribution in [3.63, 3.8) is 0 Å². The van der Waals surface area contributed by atoms with Gasteiger partial charge in [0.15, 0.2) is 17.4 Å². The van der Waals surface area contributed by atoms with Gasteiger partial charge in [0, 0.05) is 12.1 Å². The van der Waals surface area contributed by atoms with Crippen LogP contribution >= 0.6 is 0 Å². The predicted octanol–water partition coefficient (Wildman–Crippen LogP) is 1.72. The van der Waals surface area contributed by atoms with Gasteiger partial charge in [0.05, 0.1) is 0 Å². The van der Waals surface area contributed by atoms with Crippen molar-refractivity contribution in [1.29, 1.82) is 0 Å². The summed E-state index contributed by atoms with van der Waals surface area (Å²) in [6, 6.07) is -0.583. The molecule has 3 nitrogen and oxygen atoms in total. The Kier molecular flexibility index (Phi) is 4.92. The molecule has 18 heavy (non-hydrogen) atoms. The molecular formula is C11H13F4NO2. The van der Waals surface area contributed by atoms with Crippen LogP contribution in [-0.2, 0) is 0 Å². The van der Waals surface area contributed by atoms with E-state index in [9.17, 15) is 22.7 Å². The van der Waals surface area contributed by atoms with Gasteiger partial charge >= 0.3 is 0 Å². The van der Waals surface area contributed by atoms with Crippen LogP contribution in [0.4, 0.5) is 17.6 Å². The van der Waals surface area contributed by atoms with E-state index in [2.05, 4.69) is 4.74 Å². The molecule has 0 saturated carbocycles. The highest BCUT2D eigenvalue weighted by Gasteiger charge is 2.22. The van der Waals surface area contributed by atoms with Crippen molar-refractivity contribution in [1.82, 2.24) is 0 Å². The normalized spacial score (nSPS) is 14.4. The number of halogens is 4. The lowest BCUT2D eigenvalue weighted by Gasteiger charge is -2.18. The molecule has 0 aliphatic carbocycles. The lowest BCUT2D eigenvalue weighted by atomic mass is 10.1. The first-order valence-corrected chi connectivity index (χ1v) is 5.27. The molecule has 0 aliphatic rings. The molecule has 102 valence electrons. The minimum Gasteiger partial charge on any atom is -0.485 e. The summed E-state index contributed by atoms with van der Waals surface area (Å²) in [5.74, 6) is -7.64. The van der Waals surface area contributed by atoms with Crippen molar-refractivity contribution < 1.29 is 27.4 Å². The third kappa shape index (κ3) is 3.11. The summed E-state index contributed by atoms with van der Waals surface area (Å²) in [5.41, 5.74) is 5.45. The summed E-state index contributed by atoms with van der Waals surface area (Å²) in [6.45, 7) is 1.13. The predicted molar refractivity (Wildman–Crippen MR) is 56.0 cm³/mol. The van der Waals surface area contributed by atoms with Crippen molar-refractivity contribution in [2.75, 3.05) is 6.61 Å². The molecule has 0 saturated heterocycles. The van der Waals surface area contributed by atoms with Gasteiger partial charge in [-0.25, -0.2) is 8.78 Å². The highest BCUT2D eigenvalue weighted by atomic mass is 19.2. The van der Waals surface area contributed by atoms with E-state index in [4.69, 9.17) is 5.73 Å². The molecular weight excluding hydrogens is 254 g/mol. The summed E-state index contributed by atoms with van der Waals surface area (Å²) >= 11 is 0. The lowest BCUT2D eigenvalue weighted by molar-refractivity contribution is 0.0792. The first kappa shape index (κ1) is 14.7. The average molecular weight is 267 g/mol. The summed E-state index contributed by atoms with van der Waals surface area (Å²) in [4.78, 5) is 0. The van der Waals surface area contributed by atoms with E-state index in [1.54, 1.807) is 6.92 Å². The molecule has 7 heteroatoms. The Morgan fingerprint density at radius 1 is 1.22 bits per heavy atom. The molecule has 1 aromatic rings. The van der Waals surface area contributed by atoms with Crippen LogP contribution in [0.2, 0.25) is 0 Å². The van der Waals surface area contributed by atoms with Crippen LogP contribution in [-0.4, -0.2) is 23.9 Å². The van der Waals surface area contributed by atoms with Crippen molar-refractivity contribution in [2.45, 2.75) is 25.5 Å². The summed E-state index contributed by atoms with van der Waals surface area (Å²) in [7, 11) is 0. The van der Waals surface area contributed by atoms with Gasteiger partial charge in [-0.15, -0.1) is 0 Å². The quantitative estimate of drug-likeness (QED) is 0.631. The fourth-order valence-corrected chi connectivity index (χ4v) is 1.24. The molecule has 0 radical (unpaired) electrons. The maximum atomic E-state index is 13.2. The van der Waals surface area contributed by atoms with Gasteiger partial charge in [0.25, 0.3) is 0 Å². The molecule has 2 atom stereocenters. The fourth-order valence-electron chi connectivity index (χ4n) is 1.24. The highest BCUT2D eigenvalue weighted by molar-refractivity contribution is 5.28. The number of hydrogen-bond acceptors (Lipinski definition) is 3. The zero-order valence-corrected chi connectivity index (χ0v) is 9.59. The Morgan fingerprint density at radius 3 is 2.17 bits per heavy atom. The number of ether oxygens (including phenoxy) is 1. The number of benzene rings is 1. The topological polar surface area (TPSA) is 55.5 Å². The summed E-state index contributed by atoms with van der Waals surface area (Å²) in [6.07, 6.45) is -0.785. The Bertz CT molecular complexity index is 402. The first-order valence-electron chi connectivity index (χ1n) is 5.27. The molecule has 0 aromatic heterocycles.